The van der Waals surface area contributed by atoms with E-state index >= 15 is 0 Å². The summed E-state index contributed by atoms with van der Waals surface area (Å²) < 4.78 is 0. The highest BCUT2D eigenvalue weighted by atomic mass is 16.4. The SMILES string of the molecule is CCC/C(=C\c1ccccc1O)CC[C@@H](O)C1=C(CO)C[C@H]2C(=O)N(CCCCCC(=O)O)C(=O)[C@H]2[C@H]1CO. The molecule has 0 aromatic heterocycles. The lowest BCUT2D eigenvalue weighted by Crippen LogP contribution is -2.39. The van der Waals surface area contributed by atoms with E-state index < -0.39 is 36.4 Å². The molecule has 2 aliphatic rings. The summed E-state index contributed by atoms with van der Waals surface area (Å²) in [6.07, 6.45) is 5.10. The van der Waals surface area contributed by atoms with Crippen molar-refractivity contribution >= 4 is 23.9 Å². The van der Waals surface area contributed by atoms with Gasteiger partial charge in [-0.1, -0.05) is 49.6 Å². The van der Waals surface area contributed by atoms with Crippen LogP contribution in [0.25, 0.3) is 6.08 Å². The largest absolute Gasteiger partial charge is 0.507 e. The summed E-state index contributed by atoms with van der Waals surface area (Å²) in [6.45, 7) is 1.42. The van der Waals surface area contributed by atoms with Gasteiger partial charge in [0.2, 0.25) is 11.8 Å². The Hall–Kier alpha value is -3.01. The van der Waals surface area contributed by atoms with Crippen LogP contribution in [0.3, 0.4) is 0 Å². The van der Waals surface area contributed by atoms with Crippen molar-refractivity contribution in [2.24, 2.45) is 17.8 Å². The molecule has 1 fully saturated rings. The maximum absolute atomic E-state index is 13.3. The van der Waals surface area contributed by atoms with Crippen LogP contribution in [-0.2, 0) is 14.4 Å². The second kappa shape index (κ2) is 14.4. The van der Waals surface area contributed by atoms with Gasteiger partial charge in [0.05, 0.1) is 31.2 Å². The van der Waals surface area contributed by atoms with E-state index in [0.29, 0.717) is 48.8 Å². The molecular weight excluding hydrogens is 502 g/mol. The molecule has 9 heteroatoms. The minimum atomic E-state index is -1.01. The third kappa shape index (κ3) is 7.35. The molecule has 1 saturated heterocycles. The van der Waals surface area contributed by atoms with Crippen molar-refractivity contribution in [3.8, 4) is 5.75 Å². The highest BCUT2D eigenvalue weighted by molar-refractivity contribution is 6.05. The molecule has 4 atom stereocenters. The first-order valence-corrected chi connectivity index (χ1v) is 13.9. The average molecular weight is 544 g/mol. The number of phenols is 1. The van der Waals surface area contributed by atoms with Gasteiger partial charge in [0.1, 0.15) is 5.75 Å². The number of hydrogen-bond donors (Lipinski definition) is 5. The lowest BCUT2D eigenvalue weighted by molar-refractivity contribution is -0.141. The molecule has 1 aliphatic carbocycles. The van der Waals surface area contributed by atoms with Gasteiger partial charge in [-0.3, -0.25) is 19.3 Å². The smallest absolute Gasteiger partial charge is 0.303 e. The summed E-state index contributed by atoms with van der Waals surface area (Å²) in [6, 6.07) is 7.02. The molecule has 5 N–H and O–H groups in total. The Labute approximate surface area is 229 Å². The molecule has 0 bridgehead atoms. The second-order valence-corrected chi connectivity index (χ2v) is 10.5. The number of phenolic OH excluding ortho intramolecular Hbond substituents is 1. The van der Waals surface area contributed by atoms with Crippen LogP contribution in [0.1, 0.15) is 70.3 Å². The Morgan fingerprint density at radius 3 is 2.46 bits per heavy atom. The molecule has 0 spiro atoms. The lowest BCUT2D eigenvalue weighted by Gasteiger charge is -2.36. The second-order valence-electron chi connectivity index (χ2n) is 10.5. The molecule has 39 heavy (non-hydrogen) atoms. The van der Waals surface area contributed by atoms with Crippen LogP contribution in [0.4, 0.5) is 0 Å². The van der Waals surface area contributed by atoms with Gasteiger partial charge in [-0.05, 0) is 55.7 Å². The molecule has 9 nitrogen and oxygen atoms in total. The number of unbranched alkanes of at least 4 members (excludes halogenated alkanes) is 2. The number of aromatic hydroxyl groups is 1. The summed E-state index contributed by atoms with van der Waals surface area (Å²) in [7, 11) is 0. The number of carboxylic acid groups (broad SMARTS) is 1. The van der Waals surface area contributed by atoms with Gasteiger partial charge in [0.15, 0.2) is 0 Å². The van der Waals surface area contributed by atoms with Crippen LogP contribution in [0.15, 0.2) is 41.0 Å². The standard InChI is InChI=1S/C30H41NO8/c1-2-8-19(15-20-9-5-6-10-24(20)34)12-13-25(35)27-21(17-32)16-22-28(23(27)18-33)30(39)31(29(22)38)14-7-3-4-11-26(36)37/h5-6,9-10,15,22-23,25,28,32-35H,2-4,7-8,11-14,16-18H2,1H3,(H,36,37)/b19-15+/t22-,23+,25-,28-/m1/s1. The van der Waals surface area contributed by atoms with Crippen LogP contribution in [0, 0.1) is 17.8 Å². The maximum Gasteiger partial charge on any atom is 0.303 e. The van der Waals surface area contributed by atoms with E-state index in [1.807, 2.05) is 25.1 Å². The van der Waals surface area contributed by atoms with Gasteiger partial charge in [-0.2, -0.15) is 0 Å². The molecule has 2 amide bonds. The van der Waals surface area contributed by atoms with Crippen molar-refractivity contribution in [2.45, 2.75) is 70.8 Å². The number of allylic oxidation sites excluding steroid dienone is 1. The summed E-state index contributed by atoms with van der Waals surface area (Å²) in [5, 5.41) is 50.7. The van der Waals surface area contributed by atoms with Gasteiger partial charge in [0.25, 0.3) is 0 Å². The average Bonchev–Trinajstić information content (AvgIpc) is 3.15. The lowest BCUT2D eigenvalue weighted by atomic mass is 9.68. The molecule has 1 heterocycles. The van der Waals surface area contributed by atoms with E-state index in [4.69, 9.17) is 5.11 Å². The third-order valence-electron chi connectivity index (χ3n) is 7.90. The van der Waals surface area contributed by atoms with Gasteiger partial charge in [-0.15, -0.1) is 0 Å². The fraction of sp³-hybridized carbons (Fsp3) is 0.567. The van der Waals surface area contributed by atoms with Gasteiger partial charge < -0.3 is 25.5 Å². The van der Waals surface area contributed by atoms with Gasteiger partial charge in [-0.25, -0.2) is 0 Å². The number of rotatable bonds is 15. The summed E-state index contributed by atoms with van der Waals surface area (Å²) in [5.41, 5.74) is 2.68. The number of aliphatic carboxylic acids is 1. The van der Waals surface area contributed by atoms with Crippen molar-refractivity contribution in [2.75, 3.05) is 19.8 Å². The monoisotopic (exact) mass is 543 g/mol. The fourth-order valence-corrected chi connectivity index (χ4v) is 6.01. The predicted molar refractivity (Wildman–Crippen MR) is 145 cm³/mol. The van der Waals surface area contributed by atoms with E-state index in [2.05, 4.69) is 0 Å². The van der Waals surface area contributed by atoms with Crippen LogP contribution in [-0.4, -0.2) is 74.1 Å². The number of aliphatic hydroxyl groups is 3. The van der Waals surface area contributed by atoms with E-state index in [-0.39, 0.29) is 43.6 Å². The van der Waals surface area contributed by atoms with Crippen LogP contribution in [0.5, 0.6) is 5.75 Å². The predicted octanol–water partition coefficient (Wildman–Crippen LogP) is 3.26. The molecule has 214 valence electrons. The zero-order valence-electron chi connectivity index (χ0n) is 22.6. The van der Waals surface area contributed by atoms with Gasteiger partial charge in [0, 0.05) is 24.4 Å². The molecule has 1 aromatic rings. The van der Waals surface area contributed by atoms with Crippen LogP contribution >= 0.6 is 0 Å². The third-order valence-corrected chi connectivity index (χ3v) is 7.90. The molecular formula is C30H41NO8. The van der Waals surface area contributed by atoms with E-state index in [1.165, 1.54) is 4.90 Å². The van der Waals surface area contributed by atoms with Crippen molar-refractivity contribution in [3.63, 3.8) is 0 Å². The number of carbonyl (C=O) groups excluding carboxylic acids is 2. The van der Waals surface area contributed by atoms with E-state index in [9.17, 15) is 34.8 Å². The first-order valence-electron chi connectivity index (χ1n) is 13.9. The Balaban J connectivity index is 1.75. The van der Waals surface area contributed by atoms with Crippen molar-refractivity contribution in [1.82, 2.24) is 4.90 Å². The van der Waals surface area contributed by atoms with Crippen molar-refractivity contribution in [3.05, 3.63) is 46.5 Å². The zero-order valence-corrected chi connectivity index (χ0v) is 22.6. The topological polar surface area (TPSA) is 156 Å². The van der Waals surface area contributed by atoms with E-state index in [1.54, 1.807) is 12.1 Å². The minimum absolute atomic E-state index is 0.0342. The summed E-state index contributed by atoms with van der Waals surface area (Å²) in [4.78, 5) is 38.4. The number of amides is 2. The number of likely N-dealkylation sites (tertiary alicyclic amines) is 1. The zero-order chi connectivity index (χ0) is 28.5. The first kappa shape index (κ1) is 30.5. The number of carbonyl (C=O) groups is 3. The van der Waals surface area contributed by atoms with Crippen LogP contribution < -0.4 is 0 Å². The van der Waals surface area contributed by atoms with E-state index in [0.717, 1.165) is 18.4 Å². The number of imide groups is 1. The molecule has 0 radical (unpaired) electrons. The Morgan fingerprint density at radius 1 is 1.08 bits per heavy atom. The molecule has 1 aliphatic heterocycles. The highest BCUT2D eigenvalue weighted by Gasteiger charge is 2.54. The number of hydrogen-bond acceptors (Lipinski definition) is 7. The Morgan fingerprint density at radius 2 is 1.82 bits per heavy atom. The minimum Gasteiger partial charge on any atom is -0.507 e. The number of para-hydroxylation sites is 1. The number of nitrogens with zero attached hydrogens (tertiary/aromatic N) is 1. The van der Waals surface area contributed by atoms with Crippen molar-refractivity contribution in [1.29, 1.82) is 0 Å². The normalized spacial score (nSPS) is 22.4. The number of carboxylic acids is 1. The molecule has 1 aromatic carbocycles. The van der Waals surface area contributed by atoms with Gasteiger partial charge >= 0.3 is 5.97 Å². The fourth-order valence-electron chi connectivity index (χ4n) is 6.01. The maximum atomic E-state index is 13.3. The molecule has 0 unspecified atom stereocenters. The highest BCUT2D eigenvalue weighted by Crippen LogP contribution is 2.46. The molecule has 0 saturated carbocycles. The van der Waals surface area contributed by atoms with Crippen LogP contribution in [0.2, 0.25) is 0 Å². The first-order chi connectivity index (χ1) is 18.7. The Kier molecular flexibility index (Phi) is 11.3. The Bertz CT molecular complexity index is 1090. The molecule has 3 rings (SSSR count). The number of fused-ring (bicyclic) bond motifs is 1. The summed E-state index contributed by atoms with van der Waals surface area (Å²) in [5.74, 6) is -3.69. The number of aliphatic hydroxyl groups excluding tert-OH is 3. The number of benzene rings is 1. The summed E-state index contributed by atoms with van der Waals surface area (Å²) >= 11 is 0. The van der Waals surface area contributed by atoms with Crippen molar-refractivity contribution < 1.29 is 39.9 Å². The quantitative estimate of drug-likeness (QED) is 0.128.